The van der Waals surface area contributed by atoms with E-state index in [4.69, 9.17) is 0 Å². The number of carbonyl (C=O) groups excluding carboxylic acids is 1. The Morgan fingerprint density at radius 1 is 1.41 bits per heavy atom. The fourth-order valence-electron chi connectivity index (χ4n) is 1.95. The number of anilines is 1. The summed E-state index contributed by atoms with van der Waals surface area (Å²) in [5.74, 6) is 0.121. The van der Waals surface area contributed by atoms with Gasteiger partial charge in [0.25, 0.3) is 0 Å². The largest absolute Gasteiger partial charge is 0.365 e. The normalized spacial score (nSPS) is 14.5. The van der Waals surface area contributed by atoms with Crippen LogP contribution in [0.4, 0.5) is 5.69 Å². The SMILES string of the molecule is Cc1cccc(N(C)CC(=O)NC2CC2)c1C. The molecule has 1 N–H and O–H groups in total. The van der Waals surface area contributed by atoms with Gasteiger partial charge in [0.05, 0.1) is 6.54 Å². The summed E-state index contributed by atoms with van der Waals surface area (Å²) >= 11 is 0. The molecule has 0 spiro atoms. The van der Waals surface area contributed by atoms with E-state index in [1.54, 1.807) is 0 Å². The molecule has 0 aliphatic heterocycles. The van der Waals surface area contributed by atoms with Crippen LogP contribution in [0.2, 0.25) is 0 Å². The fraction of sp³-hybridized carbons (Fsp3) is 0.500. The van der Waals surface area contributed by atoms with Gasteiger partial charge in [-0.05, 0) is 43.9 Å². The lowest BCUT2D eigenvalue weighted by Gasteiger charge is -2.21. The Kier molecular flexibility index (Phi) is 3.36. The number of hydrogen-bond acceptors (Lipinski definition) is 2. The first-order valence-electron chi connectivity index (χ1n) is 6.14. The zero-order valence-electron chi connectivity index (χ0n) is 10.8. The molecule has 0 atom stereocenters. The second-order valence-electron chi connectivity index (χ2n) is 4.92. The van der Waals surface area contributed by atoms with Crippen molar-refractivity contribution in [2.75, 3.05) is 18.5 Å². The standard InChI is InChI=1S/C14H20N2O/c1-10-5-4-6-13(11(10)2)16(3)9-14(17)15-12-7-8-12/h4-6,12H,7-9H2,1-3H3,(H,15,17). The van der Waals surface area contributed by atoms with Gasteiger partial charge in [-0.1, -0.05) is 12.1 Å². The van der Waals surface area contributed by atoms with Crippen molar-refractivity contribution in [2.24, 2.45) is 0 Å². The molecule has 0 bridgehead atoms. The molecule has 0 aromatic heterocycles. The minimum absolute atomic E-state index is 0.121. The van der Waals surface area contributed by atoms with Gasteiger partial charge < -0.3 is 10.2 Å². The smallest absolute Gasteiger partial charge is 0.239 e. The maximum atomic E-state index is 11.7. The number of hydrogen-bond donors (Lipinski definition) is 1. The lowest BCUT2D eigenvalue weighted by atomic mass is 10.1. The summed E-state index contributed by atoms with van der Waals surface area (Å²) in [5, 5.41) is 3.01. The third-order valence-corrected chi connectivity index (χ3v) is 3.31. The highest BCUT2D eigenvalue weighted by Gasteiger charge is 2.23. The summed E-state index contributed by atoms with van der Waals surface area (Å²) in [6, 6.07) is 6.63. The molecule has 0 heterocycles. The van der Waals surface area contributed by atoms with Crippen LogP contribution >= 0.6 is 0 Å². The van der Waals surface area contributed by atoms with Crippen molar-refractivity contribution in [3.05, 3.63) is 29.3 Å². The Morgan fingerprint density at radius 2 is 2.12 bits per heavy atom. The number of likely N-dealkylation sites (N-methyl/N-ethyl adjacent to an activating group) is 1. The van der Waals surface area contributed by atoms with Gasteiger partial charge in [0.1, 0.15) is 0 Å². The van der Waals surface area contributed by atoms with Crippen molar-refractivity contribution < 1.29 is 4.79 Å². The summed E-state index contributed by atoms with van der Waals surface area (Å²) in [4.78, 5) is 13.7. The summed E-state index contributed by atoms with van der Waals surface area (Å²) in [5.41, 5.74) is 3.64. The molecule has 1 aliphatic rings. The molecule has 1 amide bonds. The van der Waals surface area contributed by atoms with Crippen LogP contribution in [0, 0.1) is 13.8 Å². The summed E-state index contributed by atoms with van der Waals surface area (Å²) < 4.78 is 0. The van der Waals surface area contributed by atoms with E-state index in [9.17, 15) is 4.79 Å². The molecule has 0 radical (unpaired) electrons. The molecule has 1 fully saturated rings. The van der Waals surface area contributed by atoms with E-state index in [0.717, 1.165) is 18.5 Å². The van der Waals surface area contributed by atoms with Crippen LogP contribution in [0.5, 0.6) is 0 Å². The summed E-state index contributed by atoms with van der Waals surface area (Å²) in [7, 11) is 1.97. The lowest BCUT2D eigenvalue weighted by molar-refractivity contribution is -0.119. The molecule has 1 aromatic carbocycles. The first-order chi connectivity index (χ1) is 8.08. The molecule has 17 heavy (non-hydrogen) atoms. The van der Waals surface area contributed by atoms with Crippen molar-refractivity contribution in [3.63, 3.8) is 0 Å². The third-order valence-electron chi connectivity index (χ3n) is 3.31. The van der Waals surface area contributed by atoms with E-state index in [-0.39, 0.29) is 5.91 Å². The number of aryl methyl sites for hydroxylation is 1. The molecule has 1 aromatic rings. The number of benzene rings is 1. The average Bonchev–Trinajstić information content (AvgIpc) is 3.05. The van der Waals surface area contributed by atoms with E-state index in [1.807, 2.05) is 18.0 Å². The maximum Gasteiger partial charge on any atom is 0.239 e. The summed E-state index contributed by atoms with van der Waals surface area (Å²) in [6.45, 7) is 4.62. The number of nitrogens with zero attached hydrogens (tertiary/aromatic N) is 1. The fourth-order valence-corrected chi connectivity index (χ4v) is 1.95. The molecule has 3 heteroatoms. The zero-order chi connectivity index (χ0) is 12.4. The number of rotatable bonds is 4. The molecule has 3 nitrogen and oxygen atoms in total. The molecule has 92 valence electrons. The van der Waals surface area contributed by atoms with Crippen molar-refractivity contribution in [3.8, 4) is 0 Å². The third kappa shape index (κ3) is 2.99. The molecule has 0 unspecified atom stereocenters. The van der Waals surface area contributed by atoms with Crippen molar-refractivity contribution >= 4 is 11.6 Å². The van der Waals surface area contributed by atoms with Crippen molar-refractivity contribution in [1.82, 2.24) is 5.32 Å². The first-order valence-corrected chi connectivity index (χ1v) is 6.14. The predicted octanol–water partition coefficient (Wildman–Crippen LogP) is 2.02. The van der Waals surface area contributed by atoms with Gasteiger partial charge in [-0.2, -0.15) is 0 Å². The van der Waals surface area contributed by atoms with Crippen LogP contribution in [-0.4, -0.2) is 25.5 Å². The van der Waals surface area contributed by atoms with Crippen molar-refractivity contribution in [1.29, 1.82) is 0 Å². The molecule has 1 saturated carbocycles. The summed E-state index contributed by atoms with van der Waals surface area (Å²) in [6.07, 6.45) is 2.28. The van der Waals surface area contributed by atoms with Crippen LogP contribution in [0.15, 0.2) is 18.2 Å². The van der Waals surface area contributed by atoms with Gasteiger partial charge in [-0.25, -0.2) is 0 Å². The Hall–Kier alpha value is -1.51. The highest BCUT2D eigenvalue weighted by atomic mass is 16.2. The van der Waals surface area contributed by atoms with Crippen LogP contribution in [0.1, 0.15) is 24.0 Å². The minimum atomic E-state index is 0.121. The van der Waals surface area contributed by atoms with Gasteiger partial charge in [0, 0.05) is 18.8 Å². The number of carbonyl (C=O) groups is 1. The zero-order valence-corrected chi connectivity index (χ0v) is 10.8. The Balaban J connectivity index is 2.00. The highest BCUT2D eigenvalue weighted by Crippen LogP contribution is 2.22. The van der Waals surface area contributed by atoms with E-state index < -0.39 is 0 Å². The van der Waals surface area contributed by atoms with Crippen LogP contribution in [0.3, 0.4) is 0 Å². The first kappa shape index (κ1) is 12.0. The number of nitrogens with one attached hydrogen (secondary N) is 1. The van der Waals surface area contributed by atoms with Gasteiger partial charge in [0.15, 0.2) is 0 Å². The minimum Gasteiger partial charge on any atom is -0.365 e. The van der Waals surface area contributed by atoms with Gasteiger partial charge >= 0.3 is 0 Å². The number of amides is 1. The van der Waals surface area contributed by atoms with Crippen LogP contribution < -0.4 is 10.2 Å². The quantitative estimate of drug-likeness (QED) is 0.861. The Morgan fingerprint density at radius 3 is 2.76 bits per heavy atom. The van der Waals surface area contributed by atoms with E-state index >= 15 is 0 Å². The van der Waals surface area contributed by atoms with Gasteiger partial charge in [-0.15, -0.1) is 0 Å². The Labute approximate surface area is 103 Å². The molecule has 0 saturated heterocycles. The van der Waals surface area contributed by atoms with Gasteiger partial charge in [0.2, 0.25) is 5.91 Å². The molecule has 1 aliphatic carbocycles. The monoisotopic (exact) mass is 232 g/mol. The topological polar surface area (TPSA) is 32.3 Å². The molecular weight excluding hydrogens is 212 g/mol. The van der Waals surface area contributed by atoms with E-state index in [1.165, 1.54) is 11.1 Å². The lowest BCUT2D eigenvalue weighted by Crippen LogP contribution is -2.36. The Bertz CT molecular complexity index is 424. The molecule has 2 rings (SSSR count). The maximum absolute atomic E-state index is 11.7. The predicted molar refractivity (Wildman–Crippen MR) is 70.4 cm³/mol. The molecular formula is C14H20N2O. The second-order valence-corrected chi connectivity index (χ2v) is 4.92. The van der Waals surface area contributed by atoms with Gasteiger partial charge in [-0.3, -0.25) is 4.79 Å². The van der Waals surface area contributed by atoms with Crippen LogP contribution in [0.25, 0.3) is 0 Å². The van der Waals surface area contributed by atoms with Crippen LogP contribution in [-0.2, 0) is 4.79 Å². The van der Waals surface area contributed by atoms with E-state index in [0.29, 0.717) is 12.6 Å². The second kappa shape index (κ2) is 4.78. The van der Waals surface area contributed by atoms with E-state index in [2.05, 4.69) is 31.3 Å². The highest BCUT2D eigenvalue weighted by molar-refractivity contribution is 5.82. The van der Waals surface area contributed by atoms with Crippen molar-refractivity contribution in [2.45, 2.75) is 32.7 Å². The average molecular weight is 232 g/mol.